The molecule has 2 aromatic rings. The highest BCUT2D eigenvalue weighted by Gasteiger charge is 2.02. The minimum Gasteiger partial charge on any atom is -0.431 e. The molecule has 2 aromatic heterocycles. The van der Waals surface area contributed by atoms with Crippen LogP contribution >= 0.6 is 11.3 Å². The van der Waals surface area contributed by atoms with Crippen LogP contribution in [-0.4, -0.2) is 0 Å². The van der Waals surface area contributed by atoms with Gasteiger partial charge in [0.15, 0.2) is 0 Å². The first-order valence-corrected chi connectivity index (χ1v) is 4.42. The smallest absolute Gasteiger partial charge is 0.343 e. The Kier molecular flexibility index (Phi) is 1.80. The highest BCUT2D eigenvalue weighted by molar-refractivity contribution is 7.08. The van der Waals surface area contributed by atoms with Crippen molar-refractivity contribution < 1.29 is 4.42 Å². The Morgan fingerprint density at radius 3 is 2.92 bits per heavy atom. The molecule has 0 aliphatic carbocycles. The Morgan fingerprint density at radius 2 is 2.25 bits per heavy atom. The highest BCUT2D eigenvalue weighted by atomic mass is 32.1. The predicted molar refractivity (Wildman–Crippen MR) is 48.3 cm³/mol. The van der Waals surface area contributed by atoms with Crippen molar-refractivity contribution in [3.63, 3.8) is 0 Å². The first kappa shape index (κ1) is 7.31. The summed E-state index contributed by atoms with van der Waals surface area (Å²) in [7, 11) is 0. The van der Waals surface area contributed by atoms with Crippen LogP contribution in [0.5, 0.6) is 0 Å². The van der Waals surface area contributed by atoms with Gasteiger partial charge in [-0.2, -0.15) is 11.3 Å². The molecule has 2 nitrogen and oxygen atoms in total. The Hall–Kier alpha value is -1.35. The van der Waals surface area contributed by atoms with Crippen LogP contribution in [0.4, 0.5) is 0 Å². The van der Waals surface area contributed by atoms with Gasteiger partial charge in [-0.05, 0) is 34.5 Å². The second-order valence-electron chi connectivity index (χ2n) is 2.33. The monoisotopic (exact) mass is 178 g/mol. The molecule has 0 aliphatic rings. The third-order valence-electron chi connectivity index (χ3n) is 1.57. The molecule has 0 bridgehead atoms. The van der Waals surface area contributed by atoms with Crippen LogP contribution in [0.1, 0.15) is 0 Å². The van der Waals surface area contributed by atoms with Crippen LogP contribution in [-0.2, 0) is 0 Å². The fraction of sp³-hybridized carbons (Fsp3) is 0. The van der Waals surface area contributed by atoms with E-state index in [0.29, 0.717) is 5.56 Å². The highest BCUT2D eigenvalue weighted by Crippen LogP contribution is 2.17. The number of hydrogen-bond acceptors (Lipinski definition) is 3. The zero-order valence-corrected chi connectivity index (χ0v) is 7.01. The molecule has 12 heavy (non-hydrogen) atoms. The lowest BCUT2D eigenvalue weighted by Gasteiger charge is -1.91. The van der Waals surface area contributed by atoms with Crippen molar-refractivity contribution >= 4 is 11.3 Å². The molecule has 0 amide bonds. The van der Waals surface area contributed by atoms with Gasteiger partial charge in [0.1, 0.15) is 0 Å². The Morgan fingerprint density at radius 1 is 1.33 bits per heavy atom. The van der Waals surface area contributed by atoms with E-state index in [-0.39, 0.29) is 5.63 Å². The maximum Gasteiger partial charge on any atom is 0.343 e. The minimum atomic E-state index is -0.282. The van der Waals surface area contributed by atoms with Crippen LogP contribution < -0.4 is 5.63 Å². The topological polar surface area (TPSA) is 30.2 Å². The molecule has 0 aromatic carbocycles. The summed E-state index contributed by atoms with van der Waals surface area (Å²) in [5.41, 5.74) is 1.27. The normalized spacial score (nSPS) is 10.0. The number of hydrogen-bond donors (Lipinski definition) is 0. The molecule has 2 rings (SSSR count). The molecule has 0 radical (unpaired) electrons. The molecular formula is C9H6O2S. The van der Waals surface area contributed by atoms with E-state index in [0.717, 1.165) is 5.56 Å². The average Bonchev–Trinajstić information content (AvgIpc) is 2.57. The van der Waals surface area contributed by atoms with Gasteiger partial charge in [-0.25, -0.2) is 4.79 Å². The van der Waals surface area contributed by atoms with Gasteiger partial charge in [-0.3, -0.25) is 0 Å². The summed E-state index contributed by atoms with van der Waals surface area (Å²) in [6.07, 6.45) is 1.39. The summed E-state index contributed by atoms with van der Waals surface area (Å²) in [5, 5.41) is 3.86. The molecule has 3 heteroatoms. The lowest BCUT2D eigenvalue weighted by Crippen LogP contribution is -1.99. The van der Waals surface area contributed by atoms with E-state index in [4.69, 9.17) is 4.42 Å². The summed E-state index contributed by atoms with van der Waals surface area (Å²) in [6, 6.07) is 5.37. The van der Waals surface area contributed by atoms with E-state index >= 15 is 0 Å². The molecule has 0 atom stereocenters. The van der Waals surface area contributed by atoms with Crippen molar-refractivity contribution in [1.82, 2.24) is 0 Å². The fourth-order valence-electron chi connectivity index (χ4n) is 1.000. The Balaban J connectivity index is 2.63. The summed E-state index contributed by atoms with van der Waals surface area (Å²) in [6.45, 7) is 0. The van der Waals surface area contributed by atoms with E-state index in [1.54, 1.807) is 23.5 Å². The van der Waals surface area contributed by atoms with Gasteiger partial charge in [-0.15, -0.1) is 0 Å². The summed E-state index contributed by atoms with van der Waals surface area (Å²) >= 11 is 1.56. The maximum absolute atomic E-state index is 11.2. The van der Waals surface area contributed by atoms with Gasteiger partial charge in [-0.1, -0.05) is 0 Å². The fourth-order valence-corrected chi connectivity index (χ4v) is 1.66. The summed E-state index contributed by atoms with van der Waals surface area (Å²) in [4.78, 5) is 11.2. The molecule has 0 spiro atoms. The van der Waals surface area contributed by atoms with Crippen molar-refractivity contribution in [2.24, 2.45) is 0 Å². The second kappa shape index (κ2) is 2.95. The molecule has 0 saturated carbocycles. The van der Waals surface area contributed by atoms with E-state index < -0.39 is 0 Å². The summed E-state index contributed by atoms with van der Waals surface area (Å²) in [5.74, 6) is 0. The van der Waals surface area contributed by atoms with E-state index in [1.165, 1.54) is 6.26 Å². The zero-order valence-electron chi connectivity index (χ0n) is 6.19. The SMILES string of the molecule is O=c1occcc1-c1ccsc1. The number of thiophene rings is 1. The van der Waals surface area contributed by atoms with Gasteiger partial charge in [0, 0.05) is 0 Å². The van der Waals surface area contributed by atoms with Crippen molar-refractivity contribution in [2.75, 3.05) is 0 Å². The number of rotatable bonds is 1. The van der Waals surface area contributed by atoms with Gasteiger partial charge in [0.05, 0.1) is 11.8 Å². The van der Waals surface area contributed by atoms with Crippen LogP contribution in [0.25, 0.3) is 11.1 Å². The molecule has 0 N–H and O–H groups in total. The molecule has 0 saturated heterocycles. The van der Waals surface area contributed by atoms with Gasteiger partial charge < -0.3 is 4.42 Å². The maximum atomic E-state index is 11.2. The largest absolute Gasteiger partial charge is 0.431 e. The second-order valence-corrected chi connectivity index (χ2v) is 3.11. The zero-order chi connectivity index (χ0) is 8.39. The average molecular weight is 178 g/mol. The van der Waals surface area contributed by atoms with Gasteiger partial charge >= 0.3 is 5.63 Å². The first-order chi connectivity index (χ1) is 5.88. The Labute approximate surface area is 73.1 Å². The standard InChI is InChI=1S/C9H6O2S/c10-9-8(2-1-4-11-9)7-3-5-12-6-7/h1-6H. The van der Waals surface area contributed by atoms with Crippen LogP contribution in [0.2, 0.25) is 0 Å². The summed E-state index contributed by atoms with van der Waals surface area (Å²) < 4.78 is 4.73. The van der Waals surface area contributed by atoms with Gasteiger partial charge in [0.2, 0.25) is 0 Å². The van der Waals surface area contributed by atoms with Crippen LogP contribution in [0, 0.1) is 0 Å². The lowest BCUT2D eigenvalue weighted by atomic mass is 10.2. The van der Waals surface area contributed by atoms with E-state index in [2.05, 4.69) is 0 Å². The third-order valence-corrected chi connectivity index (χ3v) is 2.25. The molecule has 0 unspecified atom stereocenters. The predicted octanol–water partition coefficient (Wildman–Crippen LogP) is 2.37. The molecule has 60 valence electrons. The molecule has 0 aliphatic heterocycles. The minimum absolute atomic E-state index is 0.282. The molecule has 0 fully saturated rings. The van der Waals surface area contributed by atoms with Crippen molar-refractivity contribution in [3.8, 4) is 11.1 Å². The first-order valence-electron chi connectivity index (χ1n) is 3.48. The van der Waals surface area contributed by atoms with Gasteiger partial charge in [0.25, 0.3) is 0 Å². The molecular weight excluding hydrogens is 172 g/mol. The van der Waals surface area contributed by atoms with Crippen LogP contribution in [0.15, 0.2) is 44.4 Å². The Bertz CT molecular complexity index is 414. The third kappa shape index (κ3) is 1.19. The lowest BCUT2D eigenvalue weighted by molar-refractivity contribution is 0.513. The van der Waals surface area contributed by atoms with Crippen molar-refractivity contribution in [1.29, 1.82) is 0 Å². The van der Waals surface area contributed by atoms with Crippen LogP contribution in [0.3, 0.4) is 0 Å². The quantitative estimate of drug-likeness (QED) is 0.671. The molecule has 2 heterocycles. The van der Waals surface area contributed by atoms with E-state index in [9.17, 15) is 4.79 Å². The van der Waals surface area contributed by atoms with Crippen molar-refractivity contribution in [3.05, 3.63) is 45.6 Å². The van der Waals surface area contributed by atoms with Crippen molar-refractivity contribution in [2.45, 2.75) is 0 Å². The van der Waals surface area contributed by atoms with E-state index in [1.807, 2.05) is 16.8 Å².